The Bertz CT molecular complexity index is 762. The number of ether oxygens (including phenoxy) is 2. The van der Waals surface area contributed by atoms with Crippen LogP contribution in [0.3, 0.4) is 0 Å². The topological polar surface area (TPSA) is 55.8 Å². The number of aliphatic carboxylic acids is 1. The predicted octanol–water partition coefficient (Wildman–Crippen LogP) is 5.43. The fourth-order valence-corrected chi connectivity index (χ4v) is 3.16. The van der Waals surface area contributed by atoms with Crippen LogP contribution in [-0.2, 0) is 22.4 Å². The molecule has 0 spiro atoms. The third kappa shape index (κ3) is 7.41. The average Bonchev–Trinajstić information content (AvgIpc) is 2.59. The minimum absolute atomic E-state index is 0.133. The second-order valence-electron chi connectivity index (χ2n) is 6.56. The van der Waals surface area contributed by atoms with Gasteiger partial charge >= 0.3 is 5.97 Å². The third-order valence-corrected chi connectivity index (χ3v) is 4.42. The maximum absolute atomic E-state index is 11.4. The minimum atomic E-state index is -0.942. The third-order valence-electron chi connectivity index (χ3n) is 3.89. The van der Waals surface area contributed by atoms with Gasteiger partial charge in [-0.05, 0) is 56.0 Å². The number of rotatable bonds is 10. The second kappa shape index (κ2) is 10.5. The van der Waals surface area contributed by atoms with Crippen molar-refractivity contribution in [2.24, 2.45) is 0 Å². The molecule has 0 aliphatic rings. The molecule has 146 valence electrons. The van der Waals surface area contributed by atoms with E-state index in [0.717, 1.165) is 24.0 Å². The Morgan fingerprint density at radius 1 is 1.11 bits per heavy atom. The summed E-state index contributed by atoms with van der Waals surface area (Å²) in [6.07, 6.45) is 1.01. The molecule has 0 fully saturated rings. The van der Waals surface area contributed by atoms with Crippen LogP contribution in [0.15, 0.2) is 42.5 Å². The Kier molecular flexibility index (Phi) is 8.42. The zero-order chi connectivity index (χ0) is 19.8. The zero-order valence-electron chi connectivity index (χ0n) is 15.5. The molecule has 0 radical (unpaired) electrons. The quantitative estimate of drug-likeness (QED) is 0.530. The van der Waals surface area contributed by atoms with E-state index in [9.17, 15) is 9.90 Å². The lowest BCUT2D eigenvalue weighted by Crippen LogP contribution is -2.29. The van der Waals surface area contributed by atoms with E-state index < -0.39 is 12.1 Å². The smallest absolute Gasteiger partial charge is 0.333 e. The molecule has 0 aliphatic carbocycles. The maximum atomic E-state index is 11.4. The van der Waals surface area contributed by atoms with Gasteiger partial charge in [0.05, 0.1) is 17.7 Å². The maximum Gasteiger partial charge on any atom is 0.333 e. The molecule has 0 bridgehead atoms. The summed E-state index contributed by atoms with van der Waals surface area (Å²) in [6.45, 7) is 4.19. The Morgan fingerprint density at radius 3 is 2.52 bits per heavy atom. The summed E-state index contributed by atoms with van der Waals surface area (Å²) >= 11 is 12.0. The lowest BCUT2D eigenvalue weighted by molar-refractivity contribution is -0.153. The molecule has 1 atom stereocenters. The van der Waals surface area contributed by atoms with Crippen LogP contribution in [0.1, 0.15) is 31.4 Å². The van der Waals surface area contributed by atoms with Gasteiger partial charge in [0.2, 0.25) is 0 Å². The molecule has 1 N–H and O–H groups in total. The lowest BCUT2D eigenvalue weighted by atomic mass is 10.0. The number of carboxylic acid groups (broad SMARTS) is 1. The van der Waals surface area contributed by atoms with Gasteiger partial charge in [-0.25, -0.2) is 4.79 Å². The number of carbonyl (C=O) groups is 1. The Balaban J connectivity index is 1.86. The number of hydrogen-bond acceptors (Lipinski definition) is 3. The van der Waals surface area contributed by atoms with Crippen molar-refractivity contribution in [3.63, 3.8) is 0 Å². The molecule has 0 amide bonds. The Hall–Kier alpha value is -1.75. The standard InChI is InChI=1S/C21H24Cl2O4/c1-14(2)27-20(21(24)25)12-16-6-3-5-15(11-16)7-4-10-26-19-9-8-17(22)13-18(19)23/h3,5-6,8-9,11,13-14,20H,4,7,10,12H2,1-2H3,(H,24,25). The highest BCUT2D eigenvalue weighted by Crippen LogP contribution is 2.27. The normalized spacial score (nSPS) is 12.2. The zero-order valence-corrected chi connectivity index (χ0v) is 17.0. The summed E-state index contributed by atoms with van der Waals surface area (Å²) < 4.78 is 11.2. The van der Waals surface area contributed by atoms with Crippen LogP contribution >= 0.6 is 23.2 Å². The number of benzene rings is 2. The summed E-state index contributed by atoms with van der Waals surface area (Å²) in [5, 5.41) is 10.4. The highest BCUT2D eigenvalue weighted by molar-refractivity contribution is 6.35. The number of aryl methyl sites for hydroxylation is 1. The molecule has 6 heteroatoms. The van der Waals surface area contributed by atoms with Crippen molar-refractivity contribution >= 4 is 29.2 Å². The van der Waals surface area contributed by atoms with Crippen LogP contribution < -0.4 is 4.74 Å². The van der Waals surface area contributed by atoms with Crippen molar-refractivity contribution in [1.82, 2.24) is 0 Å². The molecule has 2 aromatic carbocycles. The summed E-state index contributed by atoms with van der Waals surface area (Å²) in [5.41, 5.74) is 2.08. The number of hydrogen-bond donors (Lipinski definition) is 1. The van der Waals surface area contributed by atoms with E-state index in [0.29, 0.717) is 28.8 Å². The Labute approximate surface area is 170 Å². The molecular formula is C21H24Cl2O4. The van der Waals surface area contributed by atoms with Crippen LogP contribution in [0.25, 0.3) is 0 Å². The second-order valence-corrected chi connectivity index (χ2v) is 7.41. The first-order chi connectivity index (χ1) is 12.8. The van der Waals surface area contributed by atoms with Gasteiger partial charge in [0, 0.05) is 11.4 Å². The predicted molar refractivity (Wildman–Crippen MR) is 108 cm³/mol. The fourth-order valence-electron chi connectivity index (χ4n) is 2.70. The van der Waals surface area contributed by atoms with E-state index in [-0.39, 0.29) is 6.10 Å². The highest BCUT2D eigenvalue weighted by Gasteiger charge is 2.20. The van der Waals surface area contributed by atoms with Crippen LogP contribution in [0, 0.1) is 0 Å². The van der Waals surface area contributed by atoms with Crippen molar-refractivity contribution in [3.8, 4) is 5.75 Å². The fraction of sp³-hybridized carbons (Fsp3) is 0.381. The summed E-state index contributed by atoms with van der Waals surface area (Å²) in [4.78, 5) is 11.4. The van der Waals surface area contributed by atoms with Crippen molar-refractivity contribution < 1.29 is 19.4 Å². The lowest BCUT2D eigenvalue weighted by Gasteiger charge is -2.17. The average molecular weight is 411 g/mol. The molecule has 0 saturated heterocycles. The van der Waals surface area contributed by atoms with Crippen LogP contribution in [-0.4, -0.2) is 29.9 Å². The monoisotopic (exact) mass is 410 g/mol. The molecule has 0 saturated carbocycles. The minimum Gasteiger partial charge on any atom is -0.492 e. The number of halogens is 2. The van der Waals surface area contributed by atoms with Crippen molar-refractivity contribution in [2.75, 3.05) is 6.61 Å². The van der Waals surface area contributed by atoms with Gasteiger partial charge < -0.3 is 14.6 Å². The largest absolute Gasteiger partial charge is 0.492 e. The molecule has 2 aromatic rings. The van der Waals surface area contributed by atoms with Crippen LogP contribution in [0.4, 0.5) is 0 Å². The van der Waals surface area contributed by atoms with Crippen molar-refractivity contribution in [3.05, 3.63) is 63.6 Å². The first-order valence-electron chi connectivity index (χ1n) is 8.89. The SMILES string of the molecule is CC(C)OC(Cc1cccc(CCCOc2ccc(Cl)cc2Cl)c1)C(=O)O. The van der Waals surface area contributed by atoms with Gasteiger partial charge in [-0.1, -0.05) is 47.5 Å². The van der Waals surface area contributed by atoms with Crippen LogP contribution in [0.2, 0.25) is 10.0 Å². The van der Waals surface area contributed by atoms with E-state index in [2.05, 4.69) is 0 Å². The van der Waals surface area contributed by atoms with Crippen LogP contribution in [0.5, 0.6) is 5.75 Å². The molecule has 1 unspecified atom stereocenters. The van der Waals surface area contributed by atoms with Crippen molar-refractivity contribution in [2.45, 2.75) is 45.3 Å². The van der Waals surface area contributed by atoms with E-state index in [1.165, 1.54) is 0 Å². The molecule has 0 aromatic heterocycles. The molecular weight excluding hydrogens is 387 g/mol. The van der Waals surface area contributed by atoms with Gasteiger partial charge in [0.25, 0.3) is 0 Å². The first-order valence-corrected chi connectivity index (χ1v) is 9.64. The summed E-state index contributed by atoms with van der Waals surface area (Å²) in [5.74, 6) is -0.327. The van der Waals surface area contributed by atoms with E-state index in [1.54, 1.807) is 18.2 Å². The molecule has 4 nitrogen and oxygen atoms in total. The first kappa shape index (κ1) is 21.5. The summed E-state index contributed by atoms with van der Waals surface area (Å²) in [6, 6.07) is 13.1. The molecule has 27 heavy (non-hydrogen) atoms. The molecule has 0 aliphatic heterocycles. The van der Waals surface area contributed by atoms with Gasteiger partial charge in [-0.15, -0.1) is 0 Å². The summed E-state index contributed by atoms with van der Waals surface area (Å²) in [7, 11) is 0. The van der Waals surface area contributed by atoms with Gasteiger partial charge in [-0.2, -0.15) is 0 Å². The van der Waals surface area contributed by atoms with E-state index in [1.807, 2.05) is 38.1 Å². The van der Waals surface area contributed by atoms with Crippen molar-refractivity contribution in [1.29, 1.82) is 0 Å². The molecule has 0 heterocycles. The van der Waals surface area contributed by atoms with E-state index in [4.69, 9.17) is 32.7 Å². The number of carboxylic acids is 1. The van der Waals surface area contributed by atoms with Gasteiger partial charge in [0.15, 0.2) is 6.10 Å². The Morgan fingerprint density at radius 2 is 1.85 bits per heavy atom. The van der Waals surface area contributed by atoms with Gasteiger partial charge in [-0.3, -0.25) is 0 Å². The highest BCUT2D eigenvalue weighted by atomic mass is 35.5. The van der Waals surface area contributed by atoms with Gasteiger partial charge in [0.1, 0.15) is 5.75 Å². The molecule has 2 rings (SSSR count). The van der Waals surface area contributed by atoms with E-state index >= 15 is 0 Å².